The third-order valence-corrected chi connectivity index (χ3v) is 13.8. The van der Waals surface area contributed by atoms with Crippen LogP contribution in [0, 0.1) is 0 Å². The van der Waals surface area contributed by atoms with E-state index in [9.17, 15) is 13.2 Å². The van der Waals surface area contributed by atoms with E-state index in [1.165, 1.54) is 7.11 Å². The monoisotopic (exact) mass is 430 g/mol. The van der Waals surface area contributed by atoms with Gasteiger partial charge in [-0.2, -0.15) is 0 Å². The summed E-state index contributed by atoms with van der Waals surface area (Å²) in [5.74, 6) is 0. The van der Waals surface area contributed by atoms with Crippen LogP contribution in [0.5, 0.6) is 0 Å². The Hall–Kier alpha value is 1.27. The summed E-state index contributed by atoms with van der Waals surface area (Å²) in [4.78, 5) is 0. The molecule has 0 aromatic carbocycles. The standard InChI is InChI=1S/C4H6F3.2CH3O.O.2Sn.H/c1-2-3-4(5,6)7;2*1-2;;;;/h1-3H2;2*1H3;;;;/q;2*-1;;2*+1;. The van der Waals surface area contributed by atoms with Crippen LogP contribution in [0.1, 0.15) is 12.8 Å². The van der Waals surface area contributed by atoms with Gasteiger partial charge in [-0.05, 0) is 0 Å². The molecule has 0 amide bonds. The molecule has 0 spiro atoms. The van der Waals surface area contributed by atoms with Crippen molar-refractivity contribution in [1.29, 1.82) is 0 Å². The Bertz CT molecular complexity index is 145. The Kier molecular flexibility index (Phi) is 9.19. The van der Waals surface area contributed by atoms with Crippen LogP contribution in [0.3, 0.4) is 0 Å². The van der Waals surface area contributed by atoms with Crippen LogP contribution in [0.2, 0.25) is 4.44 Å². The van der Waals surface area contributed by atoms with E-state index in [0.717, 1.165) is 0 Å². The first kappa shape index (κ1) is 15.3. The zero-order valence-electron chi connectivity index (χ0n) is 8.06. The van der Waals surface area contributed by atoms with E-state index in [4.69, 9.17) is 7.56 Å². The third-order valence-electron chi connectivity index (χ3n) is 1.43. The number of halogens is 3. The summed E-state index contributed by atoms with van der Waals surface area (Å²) in [5.41, 5.74) is 0. The molecule has 2 radical (unpaired) electrons. The molecule has 0 aromatic rings. The molecule has 0 aliphatic heterocycles. The molecule has 0 fully saturated rings. The van der Waals surface area contributed by atoms with Gasteiger partial charge in [0.25, 0.3) is 0 Å². The Morgan fingerprint density at radius 2 is 1.93 bits per heavy atom. The van der Waals surface area contributed by atoms with E-state index in [-0.39, 0.29) is 6.42 Å². The Morgan fingerprint density at radius 3 is 2.36 bits per heavy atom. The van der Waals surface area contributed by atoms with Crippen LogP contribution in [0.4, 0.5) is 13.2 Å². The molecule has 0 aliphatic carbocycles. The van der Waals surface area contributed by atoms with Gasteiger partial charge in [-0.25, -0.2) is 0 Å². The molecule has 0 rings (SSSR count). The molecule has 14 heavy (non-hydrogen) atoms. The molecule has 3 nitrogen and oxygen atoms in total. The molecule has 1 unspecified atom stereocenters. The number of alkyl halides is 3. The van der Waals surface area contributed by atoms with Gasteiger partial charge in [0.05, 0.1) is 0 Å². The molecule has 1 atom stereocenters. The van der Waals surface area contributed by atoms with E-state index in [1.807, 2.05) is 0 Å². The van der Waals surface area contributed by atoms with Crippen molar-refractivity contribution in [3.05, 3.63) is 0 Å². The number of hydrogen-bond acceptors (Lipinski definition) is 3. The maximum atomic E-state index is 11.8. The summed E-state index contributed by atoms with van der Waals surface area (Å²) < 4.78 is 51.0. The summed E-state index contributed by atoms with van der Waals surface area (Å²) in [6.45, 7) is 0. The Morgan fingerprint density at radius 1 is 1.29 bits per heavy atom. The molecule has 8 heteroatoms. The molecule has 0 bridgehead atoms. The van der Waals surface area contributed by atoms with Gasteiger partial charge in [-0.15, -0.1) is 0 Å². The minimum atomic E-state index is -4.06. The summed E-state index contributed by atoms with van der Waals surface area (Å²) in [7, 11) is 3.05. The van der Waals surface area contributed by atoms with E-state index in [0.29, 0.717) is 4.44 Å². The first-order chi connectivity index (χ1) is 6.49. The summed E-state index contributed by atoms with van der Waals surface area (Å²) in [6.07, 6.45) is -4.70. The first-order valence-corrected chi connectivity index (χ1v) is 11.4. The van der Waals surface area contributed by atoms with Crippen LogP contribution < -0.4 is 0 Å². The quantitative estimate of drug-likeness (QED) is 0.575. The second-order valence-corrected chi connectivity index (χ2v) is 14.8. The predicted molar refractivity (Wildman–Crippen MR) is 48.1 cm³/mol. The van der Waals surface area contributed by atoms with E-state index in [1.54, 1.807) is 7.11 Å². The summed E-state index contributed by atoms with van der Waals surface area (Å²) >= 11 is -3.81. The van der Waals surface area contributed by atoms with Gasteiger partial charge < -0.3 is 0 Å². The van der Waals surface area contributed by atoms with Crippen molar-refractivity contribution in [2.75, 3.05) is 14.2 Å². The minimum absolute atomic E-state index is 0.112. The fraction of sp³-hybridized carbons (Fsp3) is 1.00. The second kappa shape index (κ2) is 8.42. The van der Waals surface area contributed by atoms with Gasteiger partial charge in [0, 0.05) is 0 Å². The van der Waals surface area contributed by atoms with Crippen LogP contribution in [0.15, 0.2) is 0 Å². The molecule has 0 aliphatic rings. The summed E-state index contributed by atoms with van der Waals surface area (Å²) in [6, 6.07) is 0. The fourth-order valence-electron chi connectivity index (χ4n) is 0.796. The van der Waals surface area contributed by atoms with Gasteiger partial charge in [0.15, 0.2) is 0 Å². The Labute approximate surface area is 100 Å². The Balaban J connectivity index is 3.52. The molecular formula is C6H13F3O3Sn2. The fourth-order valence-corrected chi connectivity index (χ4v) is 12.2. The van der Waals surface area contributed by atoms with Crippen LogP contribution in [-0.4, -0.2) is 63.0 Å². The van der Waals surface area contributed by atoms with Crippen molar-refractivity contribution in [2.45, 2.75) is 23.5 Å². The zero-order valence-corrected chi connectivity index (χ0v) is 14.2. The van der Waals surface area contributed by atoms with Crippen molar-refractivity contribution < 1.29 is 20.7 Å². The van der Waals surface area contributed by atoms with Gasteiger partial charge in [-0.1, -0.05) is 0 Å². The van der Waals surface area contributed by atoms with Crippen molar-refractivity contribution in [3.8, 4) is 0 Å². The van der Waals surface area contributed by atoms with Crippen molar-refractivity contribution in [2.24, 2.45) is 0 Å². The number of rotatable bonds is 7. The van der Waals surface area contributed by atoms with Gasteiger partial charge in [0.1, 0.15) is 0 Å². The van der Waals surface area contributed by atoms with Crippen LogP contribution in [0.25, 0.3) is 0 Å². The van der Waals surface area contributed by atoms with Crippen molar-refractivity contribution >= 4 is 42.6 Å². The van der Waals surface area contributed by atoms with Crippen molar-refractivity contribution in [3.63, 3.8) is 0 Å². The van der Waals surface area contributed by atoms with E-state index >= 15 is 0 Å². The van der Waals surface area contributed by atoms with E-state index in [2.05, 4.69) is 0 Å². The zero-order chi connectivity index (χ0) is 11.0. The van der Waals surface area contributed by atoms with Crippen molar-refractivity contribution in [1.82, 2.24) is 0 Å². The normalized spacial score (nSPS) is 14.4. The number of hydrogen-bond donors (Lipinski definition) is 0. The molecule has 84 valence electrons. The SMILES string of the molecule is C[O][Sn][O][SnH]([CH2]CCC(F)(F)F)[O]C. The molecule has 0 N–H and O–H groups in total. The topological polar surface area (TPSA) is 27.7 Å². The molecule has 0 heterocycles. The van der Waals surface area contributed by atoms with E-state index < -0.39 is 55.2 Å². The first-order valence-electron chi connectivity index (χ1n) is 4.02. The van der Waals surface area contributed by atoms with Crippen LogP contribution >= 0.6 is 0 Å². The van der Waals surface area contributed by atoms with Crippen LogP contribution in [-0.2, 0) is 7.56 Å². The molecule has 0 saturated carbocycles. The molecular weight excluding hydrogens is 414 g/mol. The third kappa shape index (κ3) is 9.81. The molecule has 0 aromatic heterocycles. The average molecular weight is 428 g/mol. The van der Waals surface area contributed by atoms with Gasteiger partial charge in [0.2, 0.25) is 0 Å². The van der Waals surface area contributed by atoms with Gasteiger partial charge in [-0.3, -0.25) is 0 Å². The predicted octanol–water partition coefficient (Wildman–Crippen LogP) is 1.39. The average Bonchev–Trinajstić information content (AvgIpc) is 2.09. The molecule has 0 saturated heterocycles. The second-order valence-electron chi connectivity index (χ2n) is 2.58. The maximum absolute atomic E-state index is 11.8. The van der Waals surface area contributed by atoms with Gasteiger partial charge >= 0.3 is 101 Å². The summed E-state index contributed by atoms with van der Waals surface area (Å²) in [5, 5.41) is 0.